The van der Waals surface area contributed by atoms with E-state index in [2.05, 4.69) is 55.5 Å². The summed E-state index contributed by atoms with van der Waals surface area (Å²) in [6, 6.07) is 18.7. The second kappa shape index (κ2) is 7.10. The SMILES string of the molecule is S=C(Nc1ccc(Br)cc1)[C@H]1CCc2[nH]cnc2[C@H]1c1ccccc1. The summed E-state index contributed by atoms with van der Waals surface area (Å²) >= 11 is 9.28. The van der Waals surface area contributed by atoms with E-state index in [1.165, 1.54) is 11.3 Å². The number of fused-ring (bicyclic) bond motifs is 1. The number of anilines is 1. The summed E-state index contributed by atoms with van der Waals surface area (Å²) in [6.45, 7) is 0. The van der Waals surface area contributed by atoms with Gasteiger partial charge in [0.15, 0.2) is 0 Å². The molecule has 2 aromatic carbocycles. The van der Waals surface area contributed by atoms with Gasteiger partial charge in [-0.05, 0) is 42.7 Å². The number of hydrogen-bond donors (Lipinski definition) is 2. The summed E-state index contributed by atoms with van der Waals surface area (Å²) in [6.07, 6.45) is 3.79. The smallest absolute Gasteiger partial charge is 0.0925 e. The molecule has 0 unspecified atom stereocenters. The van der Waals surface area contributed by atoms with Crippen LogP contribution in [0.3, 0.4) is 0 Å². The Bertz CT molecular complexity index is 873. The van der Waals surface area contributed by atoms with Crippen LogP contribution in [0.25, 0.3) is 0 Å². The number of H-pyrrole nitrogens is 1. The van der Waals surface area contributed by atoms with Gasteiger partial charge in [-0.15, -0.1) is 0 Å². The van der Waals surface area contributed by atoms with Gasteiger partial charge in [-0.1, -0.05) is 58.5 Å². The van der Waals surface area contributed by atoms with Gasteiger partial charge in [0.25, 0.3) is 0 Å². The minimum Gasteiger partial charge on any atom is -0.350 e. The van der Waals surface area contributed by atoms with E-state index in [1.807, 2.05) is 30.3 Å². The van der Waals surface area contributed by atoms with E-state index in [1.54, 1.807) is 6.33 Å². The van der Waals surface area contributed by atoms with Crippen LogP contribution in [0.4, 0.5) is 5.69 Å². The van der Waals surface area contributed by atoms with Crippen molar-refractivity contribution in [3.05, 3.63) is 82.3 Å². The van der Waals surface area contributed by atoms with Crippen molar-refractivity contribution in [2.75, 3.05) is 5.32 Å². The highest BCUT2D eigenvalue weighted by Crippen LogP contribution is 2.40. The average Bonchev–Trinajstić information content (AvgIpc) is 3.12. The summed E-state index contributed by atoms with van der Waals surface area (Å²) in [5.74, 6) is 0.420. The number of nitrogens with zero attached hydrogens (tertiary/aromatic N) is 1. The normalized spacial score (nSPS) is 19.2. The quantitative estimate of drug-likeness (QED) is 0.573. The van der Waals surface area contributed by atoms with Crippen LogP contribution in [0, 0.1) is 5.92 Å². The molecule has 1 heterocycles. The largest absolute Gasteiger partial charge is 0.350 e. The number of aromatic nitrogens is 2. The van der Waals surface area contributed by atoms with Gasteiger partial charge in [0.1, 0.15) is 0 Å². The van der Waals surface area contributed by atoms with Crippen molar-refractivity contribution in [2.24, 2.45) is 5.92 Å². The zero-order chi connectivity index (χ0) is 17.2. The number of imidazole rings is 1. The first-order valence-corrected chi connectivity index (χ1v) is 9.56. The number of aromatic amines is 1. The fourth-order valence-corrected chi connectivity index (χ4v) is 4.19. The Morgan fingerprint density at radius 2 is 1.88 bits per heavy atom. The van der Waals surface area contributed by atoms with Crippen LogP contribution in [-0.4, -0.2) is 15.0 Å². The minimum atomic E-state index is 0.187. The molecule has 0 amide bonds. The summed E-state index contributed by atoms with van der Waals surface area (Å²) in [7, 11) is 0. The zero-order valence-electron chi connectivity index (χ0n) is 13.6. The van der Waals surface area contributed by atoms with Gasteiger partial charge < -0.3 is 10.3 Å². The molecule has 1 aromatic heterocycles. The Balaban J connectivity index is 1.65. The van der Waals surface area contributed by atoms with E-state index in [4.69, 9.17) is 12.2 Å². The molecule has 0 aliphatic heterocycles. The lowest BCUT2D eigenvalue weighted by Crippen LogP contribution is -2.31. The number of halogens is 1. The number of benzene rings is 2. The number of hydrogen-bond acceptors (Lipinski definition) is 2. The highest BCUT2D eigenvalue weighted by molar-refractivity contribution is 9.10. The molecular weight excluding hydrogens is 394 g/mol. The van der Waals surface area contributed by atoms with Crippen LogP contribution in [-0.2, 0) is 6.42 Å². The van der Waals surface area contributed by atoms with Crippen LogP contribution in [0.15, 0.2) is 65.4 Å². The van der Waals surface area contributed by atoms with Gasteiger partial charge >= 0.3 is 0 Å². The Hall–Kier alpha value is -1.98. The molecule has 2 atom stereocenters. The zero-order valence-corrected chi connectivity index (χ0v) is 16.0. The first kappa shape index (κ1) is 16.5. The standard InChI is InChI=1S/C20H18BrN3S/c21-14-6-8-15(9-7-14)24-20(25)16-10-11-17-19(23-12-22-17)18(16)13-4-2-1-3-5-13/h1-9,12,16,18H,10-11H2,(H,22,23)(H,24,25)/t16-,18-/m0/s1. The van der Waals surface area contributed by atoms with Gasteiger partial charge in [-0.3, -0.25) is 0 Å². The monoisotopic (exact) mass is 411 g/mol. The molecule has 0 saturated carbocycles. The summed E-state index contributed by atoms with van der Waals surface area (Å²) < 4.78 is 1.06. The van der Waals surface area contributed by atoms with E-state index in [9.17, 15) is 0 Å². The minimum absolute atomic E-state index is 0.187. The number of nitrogens with one attached hydrogen (secondary N) is 2. The van der Waals surface area contributed by atoms with E-state index < -0.39 is 0 Å². The van der Waals surface area contributed by atoms with Gasteiger partial charge in [0.2, 0.25) is 0 Å². The Kier molecular flexibility index (Phi) is 4.68. The fourth-order valence-electron chi connectivity index (χ4n) is 3.56. The fraction of sp³-hybridized carbons (Fsp3) is 0.200. The number of aryl methyl sites for hydroxylation is 1. The second-order valence-corrected chi connectivity index (χ2v) is 7.65. The van der Waals surface area contributed by atoms with Crippen LogP contribution >= 0.6 is 28.1 Å². The van der Waals surface area contributed by atoms with E-state index in [0.717, 1.165) is 33.7 Å². The van der Waals surface area contributed by atoms with Gasteiger partial charge in [0, 0.05) is 27.7 Å². The van der Waals surface area contributed by atoms with Crippen molar-refractivity contribution in [1.82, 2.24) is 9.97 Å². The third kappa shape index (κ3) is 3.39. The maximum absolute atomic E-state index is 5.81. The van der Waals surface area contributed by atoms with Crippen molar-refractivity contribution < 1.29 is 0 Å². The topological polar surface area (TPSA) is 40.7 Å². The summed E-state index contributed by atoms with van der Waals surface area (Å²) in [5, 5.41) is 3.43. The molecule has 0 bridgehead atoms. The Labute approximate surface area is 161 Å². The lowest BCUT2D eigenvalue weighted by molar-refractivity contribution is 0.513. The predicted octanol–water partition coefficient (Wildman–Crippen LogP) is 5.31. The Morgan fingerprint density at radius 3 is 2.64 bits per heavy atom. The first-order valence-electron chi connectivity index (χ1n) is 8.36. The lowest BCUT2D eigenvalue weighted by atomic mass is 9.75. The lowest BCUT2D eigenvalue weighted by Gasteiger charge is -2.32. The molecule has 0 fully saturated rings. The van der Waals surface area contributed by atoms with Crippen molar-refractivity contribution in [3.63, 3.8) is 0 Å². The maximum atomic E-state index is 5.81. The molecule has 5 heteroatoms. The summed E-state index contributed by atoms with van der Waals surface area (Å²) in [5.41, 5.74) is 4.65. The molecule has 2 N–H and O–H groups in total. The van der Waals surface area contributed by atoms with Crippen LogP contribution in [0.5, 0.6) is 0 Å². The molecule has 4 rings (SSSR count). The molecule has 3 aromatic rings. The van der Waals surface area contributed by atoms with E-state index in [0.29, 0.717) is 0 Å². The van der Waals surface area contributed by atoms with Crippen LogP contribution < -0.4 is 5.32 Å². The highest BCUT2D eigenvalue weighted by Gasteiger charge is 2.35. The van der Waals surface area contributed by atoms with Crippen molar-refractivity contribution in [3.8, 4) is 0 Å². The maximum Gasteiger partial charge on any atom is 0.0925 e. The second-order valence-electron chi connectivity index (χ2n) is 6.30. The molecule has 1 aliphatic carbocycles. The van der Waals surface area contributed by atoms with Crippen molar-refractivity contribution in [1.29, 1.82) is 0 Å². The highest BCUT2D eigenvalue weighted by atomic mass is 79.9. The van der Waals surface area contributed by atoms with Gasteiger partial charge in [0.05, 0.1) is 17.0 Å². The molecular formula is C20H18BrN3S. The van der Waals surface area contributed by atoms with Crippen LogP contribution in [0.2, 0.25) is 0 Å². The first-order chi connectivity index (χ1) is 12.2. The van der Waals surface area contributed by atoms with Gasteiger partial charge in [-0.2, -0.15) is 0 Å². The Morgan fingerprint density at radius 1 is 1.12 bits per heavy atom. The third-order valence-corrected chi connectivity index (χ3v) is 5.69. The molecule has 0 saturated heterocycles. The number of rotatable bonds is 3. The van der Waals surface area contributed by atoms with Gasteiger partial charge in [-0.25, -0.2) is 4.98 Å². The molecule has 0 radical (unpaired) electrons. The average molecular weight is 412 g/mol. The van der Waals surface area contributed by atoms with Crippen molar-refractivity contribution >= 4 is 38.8 Å². The third-order valence-electron chi connectivity index (χ3n) is 4.76. The number of thiocarbonyl (C=S) groups is 1. The molecule has 0 spiro atoms. The van der Waals surface area contributed by atoms with Crippen LogP contribution in [0.1, 0.15) is 29.3 Å². The summed E-state index contributed by atoms with van der Waals surface area (Å²) in [4.78, 5) is 8.79. The molecule has 3 nitrogen and oxygen atoms in total. The van der Waals surface area contributed by atoms with E-state index in [-0.39, 0.29) is 11.8 Å². The van der Waals surface area contributed by atoms with Crippen molar-refractivity contribution in [2.45, 2.75) is 18.8 Å². The molecule has 1 aliphatic rings. The molecule has 25 heavy (non-hydrogen) atoms. The molecule has 126 valence electrons. The van der Waals surface area contributed by atoms with E-state index >= 15 is 0 Å². The predicted molar refractivity (Wildman–Crippen MR) is 109 cm³/mol.